The molecule has 2 nitrogen and oxygen atoms in total. The Bertz CT molecular complexity index is 243. The first kappa shape index (κ1) is 12.4. The lowest BCUT2D eigenvalue weighted by Crippen LogP contribution is -2.58. The zero-order chi connectivity index (χ0) is 11.6. The number of nitrogens with one attached hydrogen (secondary N) is 1. The normalized spacial score (nSPS) is 45.6. The van der Waals surface area contributed by atoms with Crippen LogP contribution in [0, 0.1) is 5.92 Å². The summed E-state index contributed by atoms with van der Waals surface area (Å²) in [6.07, 6.45) is 7.66. The minimum Gasteiger partial charge on any atom is -0.366 e. The number of rotatable bonds is 1. The number of morpholine rings is 1. The van der Waals surface area contributed by atoms with Gasteiger partial charge >= 0.3 is 0 Å². The third-order valence-corrected chi connectivity index (χ3v) is 4.58. The minimum atomic E-state index is 0.0613. The lowest BCUT2D eigenvalue weighted by molar-refractivity contribution is -0.177. The van der Waals surface area contributed by atoms with Crippen LogP contribution in [-0.2, 0) is 4.74 Å². The van der Waals surface area contributed by atoms with Crippen molar-refractivity contribution in [1.82, 2.24) is 5.32 Å². The molecule has 0 amide bonds. The molecule has 94 valence electrons. The van der Waals surface area contributed by atoms with E-state index in [-0.39, 0.29) is 11.2 Å². The Morgan fingerprint density at radius 2 is 2.06 bits per heavy atom. The van der Waals surface area contributed by atoms with Gasteiger partial charge in [0.05, 0.1) is 11.2 Å². The molecule has 0 aromatic rings. The van der Waals surface area contributed by atoms with Gasteiger partial charge in [-0.25, -0.2) is 0 Å². The van der Waals surface area contributed by atoms with E-state index in [9.17, 15) is 0 Å². The third-order valence-electron chi connectivity index (χ3n) is 4.58. The summed E-state index contributed by atoms with van der Waals surface area (Å²) >= 11 is 0. The van der Waals surface area contributed by atoms with Crippen LogP contribution in [-0.4, -0.2) is 24.3 Å². The SMILES string of the molecule is CCC1(C)CNCC2(CCCC(C)CC2)O1. The first-order chi connectivity index (χ1) is 7.58. The van der Waals surface area contributed by atoms with E-state index < -0.39 is 0 Å². The van der Waals surface area contributed by atoms with Gasteiger partial charge in [0.2, 0.25) is 0 Å². The van der Waals surface area contributed by atoms with E-state index in [1.54, 1.807) is 0 Å². The molecule has 1 aliphatic carbocycles. The second-order valence-electron chi connectivity index (χ2n) is 6.23. The Kier molecular flexibility index (Phi) is 3.60. The average Bonchev–Trinajstić information content (AvgIpc) is 2.42. The maximum atomic E-state index is 6.52. The van der Waals surface area contributed by atoms with Crippen molar-refractivity contribution in [2.24, 2.45) is 5.92 Å². The van der Waals surface area contributed by atoms with Crippen LogP contribution >= 0.6 is 0 Å². The molecule has 1 saturated heterocycles. The molecule has 1 saturated carbocycles. The second-order valence-corrected chi connectivity index (χ2v) is 6.23. The van der Waals surface area contributed by atoms with E-state index in [1.807, 2.05) is 0 Å². The highest BCUT2D eigenvalue weighted by Gasteiger charge is 2.42. The summed E-state index contributed by atoms with van der Waals surface area (Å²) in [5.41, 5.74) is 0.208. The Hall–Kier alpha value is -0.0800. The van der Waals surface area contributed by atoms with Crippen molar-refractivity contribution in [3.63, 3.8) is 0 Å². The van der Waals surface area contributed by atoms with Crippen LogP contribution in [0.2, 0.25) is 0 Å². The Balaban J connectivity index is 2.05. The highest BCUT2D eigenvalue weighted by molar-refractivity contribution is 4.95. The van der Waals surface area contributed by atoms with Gasteiger partial charge in [-0.3, -0.25) is 0 Å². The zero-order valence-electron chi connectivity index (χ0n) is 11.1. The molecule has 0 aromatic heterocycles. The lowest BCUT2D eigenvalue weighted by atomic mass is 9.88. The highest BCUT2D eigenvalue weighted by Crippen LogP contribution is 2.38. The van der Waals surface area contributed by atoms with Crippen LogP contribution < -0.4 is 5.32 Å². The smallest absolute Gasteiger partial charge is 0.0814 e. The Morgan fingerprint density at radius 3 is 2.81 bits per heavy atom. The largest absolute Gasteiger partial charge is 0.366 e. The standard InChI is InChI=1S/C14H27NO/c1-4-13(3)10-15-11-14(16-13)8-5-6-12(2)7-9-14/h12,15H,4-11H2,1-3H3. The van der Waals surface area contributed by atoms with Gasteiger partial charge in [-0.1, -0.05) is 26.7 Å². The molecule has 0 radical (unpaired) electrons. The van der Waals surface area contributed by atoms with Crippen LogP contribution in [0.15, 0.2) is 0 Å². The summed E-state index contributed by atoms with van der Waals surface area (Å²) in [5.74, 6) is 0.887. The molecule has 2 heteroatoms. The molecule has 2 rings (SSSR count). The summed E-state index contributed by atoms with van der Waals surface area (Å²) in [6.45, 7) is 8.96. The Labute approximate surface area is 100 Å². The first-order valence-electron chi connectivity index (χ1n) is 6.98. The van der Waals surface area contributed by atoms with Crippen molar-refractivity contribution in [2.45, 2.75) is 70.5 Å². The van der Waals surface area contributed by atoms with Gasteiger partial charge in [0.1, 0.15) is 0 Å². The molecule has 0 aromatic carbocycles. The van der Waals surface area contributed by atoms with Crippen molar-refractivity contribution in [3.8, 4) is 0 Å². The molecule has 0 bridgehead atoms. The zero-order valence-corrected chi connectivity index (χ0v) is 11.1. The first-order valence-corrected chi connectivity index (χ1v) is 6.98. The molecule has 2 aliphatic rings. The molecular weight excluding hydrogens is 198 g/mol. The summed E-state index contributed by atoms with van der Waals surface area (Å²) < 4.78 is 6.52. The van der Waals surface area contributed by atoms with Gasteiger partial charge in [-0.15, -0.1) is 0 Å². The van der Waals surface area contributed by atoms with Gasteiger partial charge in [0.15, 0.2) is 0 Å². The van der Waals surface area contributed by atoms with Crippen molar-refractivity contribution >= 4 is 0 Å². The van der Waals surface area contributed by atoms with E-state index in [4.69, 9.17) is 4.74 Å². The number of ether oxygens (including phenoxy) is 1. The molecule has 1 N–H and O–H groups in total. The molecule has 1 spiro atoms. The summed E-state index contributed by atoms with van der Waals surface area (Å²) in [7, 11) is 0. The fourth-order valence-corrected chi connectivity index (χ4v) is 3.18. The minimum absolute atomic E-state index is 0.0613. The quantitative estimate of drug-likeness (QED) is 0.740. The van der Waals surface area contributed by atoms with Gasteiger partial charge in [-0.05, 0) is 38.5 Å². The maximum absolute atomic E-state index is 6.52. The molecule has 16 heavy (non-hydrogen) atoms. The average molecular weight is 225 g/mol. The molecule has 3 atom stereocenters. The fraction of sp³-hybridized carbons (Fsp3) is 1.00. The van der Waals surface area contributed by atoms with Crippen molar-refractivity contribution in [3.05, 3.63) is 0 Å². The van der Waals surface area contributed by atoms with Crippen LogP contribution in [0.5, 0.6) is 0 Å². The van der Waals surface area contributed by atoms with Crippen molar-refractivity contribution < 1.29 is 4.74 Å². The van der Waals surface area contributed by atoms with Gasteiger partial charge < -0.3 is 10.1 Å². The van der Waals surface area contributed by atoms with Crippen LogP contribution in [0.4, 0.5) is 0 Å². The van der Waals surface area contributed by atoms with Crippen LogP contribution in [0.3, 0.4) is 0 Å². The van der Waals surface area contributed by atoms with E-state index >= 15 is 0 Å². The monoisotopic (exact) mass is 225 g/mol. The number of hydrogen-bond donors (Lipinski definition) is 1. The molecule has 3 unspecified atom stereocenters. The molecule has 1 aliphatic heterocycles. The molecular formula is C14H27NO. The number of hydrogen-bond acceptors (Lipinski definition) is 2. The summed E-state index contributed by atoms with van der Waals surface area (Å²) in [6, 6.07) is 0. The predicted molar refractivity (Wildman–Crippen MR) is 67.6 cm³/mol. The fourth-order valence-electron chi connectivity index (χ4n) is 3.18. The van der Waals surface area contributed by atoms with E-state index in [0.717, 1.165) is 25.4 Å². The van der Waals surface area contributed by atoms with Crippen molar-refractivity contribution in [1.29, 1.82) is 0 Å². The molecule has 2 fully saturated rings. The molecule has 1 heterocycles. The second kappa shape index (κ2) is 4.66. The van der Waals surface area contributed by atoms with Crippen LogP contribution in [0.25, 0.3) is 0 Å². The van der Waals surface area contributed by atoms with E-state index in [2.05, 4.69) is 26.1 Å². The third kappa shape index (κ3) is 2.60. The van der Waals surface area contributed by atoms with Gasteiger partial charge in [-0.2, -0.15) is 0 Å². The topological polar surface area (TPSA) is 21.3 Å². The summed E-state index contributed by atoms with van der Waals surface area (Å²) in [4.78, 5) is 0. The lowest BCUT2D eigenvalue weighted by Gasteiger charge is -2.47. The maximum Gasteiger partial charge on any atom is 0.0814 e. The van der Waals surface area contributed by atoms with Gasteiger partial charge in [0.25, 0.3) is 0 Å². The van der Waals surface area contributed by atoms with E-state index in [0.29, 0.717) is 0 Å². The predicted octanol–water partition coefficient (Wildman–Crippen LogP) is 3.11. The summed E-state index contributed by atoms with van der Waals surface area (Å²) in [5, 5.41) is 3.60. The highest BCUT2D eigenvalue weighted by atomic mass is 16.5. The Morgan fingerprint density at radius 1 is 1.25 bits per heavy atom. The van der Waals surface area contributed by atoms with Crippen molar-refractivity contribution in [2.75, 3.05) is 13.1 Å². The van der Waals surface area contributed by atoms with E-state index in [1.165, 1.54) is 32.1 Å². The van der Waals surface area contributed by atoms with Gasteiger partial charge in [0, 0.05) is 13.1 Å². The van der Waals surface area contributed by atoms with Crippen LogP contribution in [0.1, 0.15) is 59.3 Å².